The van der Waals surface area contributed by atoms with Gasteiger partial charge in [0.2, 0.25) is 0 Å². The van der Waals surface area contributed by atoms with E-state index in [1.54, 1.807) is 36.7 Å². The number of phenolic OH excluding ortho intramolecular Hbond substituents is 2. The molecule has 4 rings (SSSR count). The van der Waals surface area contributed by atoms with Gasteiger partial charge in [-0.05, 0) is 36.4 Å². The second kappa shape index (κ2) is 8.88. The molecular weight excluding hydrogens is 372 g/mol. The number of rotatable bonds is 5. The van der Waals surface area contributed by atoms with Crippen LogP contribution in [0.2, 0.25) is 0 Å². The van der Waals surface area contributed by atoms with Gasteiger partial charge in [0, 0.05) is 34.7 Å². The molecule has 4 nitrogen and oxygen atoms in total. The molecule has 4 aromatic rings. The summed E-state index contributed by atoms with van der Waals surface area (Å²) < 4.78 is 0. The van der Waals surface area contributed by atoms with Crippen LogP contribution in [0.3, 0.4) is 0 Å². The van der Waals surface area contributed by atoms with E-state index in [0.717, 1.165) is 22.5 Å². The Balaban J connectivity index is 1.72. The molecule has 4 heteroatoms. The third-order valence-electron chi connectivity index (χ3n) is 4.66. The van der Waals surface area contributed by atoms with E-state index in [9.17, 15) is 10.2 Å². The van der Waals surface area contributed by atoms with E-state index in [0.29, 0.717) is 11.1 Å². The molecule has 4 aromatic carbocycles. The fraction of sp³-hybridized carbons (Fsp3) is 0. The molecule has 0 spiro atoms. The third-order valence-corrected chi connectivity index (χ3v) is 4.66. The second-order valence-corrected chi connectivity index (χ2v) is 6.67. The maximum absolute atomic E-state index is 9.99. The number of benzene rings is 4. The lowest BCUT2D eigenvalue weighted by Gasteiger charge is -2.09. The summed E-state index contributed by atoms with van der Waals surface area (Å²) in [4.78, 5) is 9.22. The summed E-state index contributed by atoms with van der Waals surface area (Å²) in [5.41, 5.74) is 4.69. The number of phenols is 2. The molecule has 0 radical (unpaired) electrons. The standard InChI is InChI=1S/C26H20N2O2/c29-25-15-7-1-9-19(25)17-27-23-13-5-3-11-21(23)22-12-4-6-14-24(22)28-18-20-10-2-8-16-26(20)30/h1-18,29-30H. The average molecular weight is 392 g/mol. The molecule has 0 saturated carbocycles. The first-order valence-electron chi connectivity index (χ1n) is 9.55. The van der Waals surface area contributed by atoms with Gasteiger partial charge in [0.1, 0.15) is 11.5 Å². The minimum Gasteiger partial charge on any atom is -0.507 e. The zero-order valence-corrected chi connectivity index (χ0v) is 16.2. The van der Waals surface area contributed by atoms with Crippen molar-refractivity contribution in [2.24, 2.45) is 9.98 Å². The van der Waals surface area contributed by atoms with E-state index < -0.39 is 0 Å². The molecule has 0 aliphatic heterocycles. The molecule has 0 bridgehead atoms. The summed E-state index contributed by atoms with van der Waals surface area (Å²) in [7, 11) is 0. The Bertz CT molecular complexity index is 1130. The first kappa shape index (κ1) is 19.2. The number of nitrogens with zero attached hydrogens (tertiary/aromatic N) is 2. The van der Waals surface area contributed by atoms with Crippen molar-refractivity contribution in [1.82, 2.24) is 0 Å². The number of aliphatic imine (C=N–C) groups is 2. The maximum Gasteiger partial charge on any atom is 0.124 e. The normalized spacial score (nSPS) is 11.3. The summed E-state index contributed by atoms with van der Waals surface area (Å²) >= 11 is 0. The van der Waals surface area contributed by atoms with Gasteiger partial charge >= 0.3 is 0 Å². The van der Waals surface area contributed by atoms with Crippen LogP contribution < -0.4 is 0 Å². The molecule has 30 heavy (non-hydrogen) atoms. The van der Waals surface area contributed by atoms with Crippen molar-refractivity contribution in [3.63, 3.8) is 0 Å². The topological polar surface area (TPSA) is 65.2 Å². The molecule has 0 atom stereocenters. The molecular formula is C26H20N2O2. The van der Waals surface area contributed by atoms with Gasteiger partial charge in [-0.2, -0.15) is 0 Å². The van der Waals surface area contributed by atoms with Gasteiger partial charge in [0.15, 0.2) is 0 Å². The fourth-order valence-corrected chi connectivity index (χ4v) is 3.10. The van der Waals surface area contributed by atoms with Crippen LogP contribution in [0.1, 0.15) is 11.1 Å². The monoisotopic (exact) mass is 392 g/mol. The van der Waals surface area contributed by atoms with Gasteiger partial charge in [0.25, 0.3) is 0 Å². The van der Waals surface area contributed by atoms with Crippen molar-refractivity contribution in [3.05, 3.63) is 108 Å². The lowest BCUT2D eigenvalue weighted by atomic mass is 10.0. The van der Waals surface area contributed by atoms with Crippen LogP contribution in [-0.4, -0.2) is 22.6 Å². The molecule has 0 aliphatic carbocycles. The average Bonchev–Trinajstić information content (AvgIpc) is 2.78. The summed E-state index contributed by atoms with van der Waals surface area (Å²) in [6, 6.07) is 29.8. The van der Waals surface area contributed by atoms with E-state index >= 15 is 0 Å². The van der Waals surface area contributed by atoms with E-state index in [1.165, 1.54) is 0 Å². The van der Waals surface area contributed by atoms with Crippen molar-refractivity contribution < 1.29 is 10.2 Å². The van der Waals surface area contributed by atoms with Crippen LogP contribution >= 0.6 is 0 Å². The van der Waals surface area contributed by atoms with Gasteiger partial charge in [-0.3, -0.25) is 9.98 Å². The van der Waals surface area contributed by atoms with Crippen LogP contribution in [0.15, 0.2) is 107 Å². The molecule has 146 valence electrons. The molecule has 0 amide bonds. The Labute approximate surface area is 175 Å². The zero-order chi connectivity index (χ0) is 20.8. The van der Waals surface area contributed by atoms with Crippen LogP contribution in [0.4, 0.5) is 11.4 Å². The third kappa shape index (κ3) is 4.28. The molecule has 2 N–H and O–H groups in total. The van der Waals surface area contributed by atoms with E-state index in [2.05, 4.69) is 9.98 Å². The summed E-state index contributed by atoms with van der Waals surface area (Å²) in [6.07, 6.45) is 3.31. The first-order chi connectivity index (χ1) is 14.7. The highest BCUT2D eigenvalue weighted by Gasteiger charge is 2.08. The van der Waals surface area contributed by atoms with Crippen LogP contribution in [0, 0.1) is 0 Å². The molecule has 0 fully saturated rings. The van der Waals surface area contributed by atoms with Crippen molar-refractivity contribution in [1.29, 1.82) is 0 Å². The maximum atomic E-state index is 9.99. The van der Waals surface area contributed by atoms with E-state index in [4.69, 9.17) is 0 Å². The minimum absolute atomic E-state index is 0.186. The number of aromatic hydroxyl groups is 2. The van der Waals surface area contributed by atoms with Crippen molar-refractivity contribution in [2.75, 3.05) is 0 Å². The molecule has 0 aliphatic rings. The lowest BCUT2D eigenvalue weighted by molar-refractivity contribution is 0.474. The van der Waals surface area contributed by atoms with Crippen LogP contribution in [0.25, 0.3) is 11.1 Å². The highest BCUT2D eigenvalue weighted by atomic mass is 16.3. The highest BCUT2D eigenvalue weighted by Crippen LogP contribution is 2.36. The zero-order valence-electron chi connectivity index (χ0n) is 16.2. The highest BCUT2D eigenvalue weighted by molar-refractivity contribution is 5.92. The lowest BCUT2D eigenvalue weighted by Crippen LogP contribution is -1.85. The number of hydrogen-bond donors (Lipinski definition) is 2. The molecule has 0 saturated heterocycles. The molecule has 0 heterocycles. The van der Waals surface area contributed by atoms with Crippen molar-refractivity contribution >= 4 is 23.8 Å². The fourth-order valence-electron chi connectivity index (χ4n) is 3.10. The predicted octanol–water partition coefficient (Wildman–Crippen LogP) is 6.27. The van der Waals surface area contributed by atoms with Crippen LogP contribution in [0.5, 0.6) is 11.5 Å². The summed E-state index contributed by atoms with van der Waals surface area (Å²) in [6.45, 7) is 0. The quantitative estimate of drug-likeness (QED) is 0.393. The first-order valence-corrected chi connectivity index (χ1v) is 9.55. The van der Waals surface area contributed by atoms with Crippen LogP contribution in [-0.2, 0) is 0 Å². The second-order valence-electron chi connectivity index (χ2n) is 6.67. The summed E-state index contributed by atoms with van der Waals surface area (Å²) in [5, 5.41) is 20.0. The largest absolute Gasteiger partial charge is 0.507 e. The Morgan fingerprint density at radius 1 is 0.467 bits per heavy atom. The molecule has 0 aromatic heterocycles. The Kier molecular flexibility index (Phi) is 5.67. The van der Waals surface area contributed by atoms with Crippen molar-refractivity contribution in [2.45, 2.75) is 0 Å². The van der Waals surface area contributed by atoms with Gasteiger partial charge in [-0.25, -0.2) is 0 Å². The van der Waals surface area contributed by atoms with E-state index in [1.807, 2.05) is 72.8 Å². The van der Waals surface area contributed by atoms with Gasteiger partial charge < -0.3 is 10.2 Å². The number of para-hydroxylation sites is 4. The Morgan fingerprint density at radius 2 is 0.833 bits per heavy atom. The van der Waals surface area contributed by atoms with Gasteiger partial charge in [0.05, 0.1) is 11.4 Å². The smallest absolute Gasteiger partial charge is 0.124 e. The summed E-state index contributed by atoms with van der Waals surface area (Å²) in [5.74, 6) is 0.373. The predicted molar refractivity (Wildman–Crippen MR) is 123 cm³/mol. The van der Waals surface area contributed by atoms with E-state index in [-0.39, 0.29) is 11.5 Å². The van der Waals surface area contributed by atoms with Gasteiger partial charge in [-0.15, -0.1) is 0 Å². The number of hydrogen-bond acceptors (Lipinski definition) is 4. The molecule has 0 unspecified atom stereocenters. The van der Waals surface area contributed by atoms with Gasteiger partial charge in [-0.1, -0.05) is 60.7 Å². The Morgan fingerprint density at radius 3 is 1.27 bits per heavy atom. The Hall–Kier alpha value is -4.18. The minimum atomic E-state index is 0.186. The van der Waals surface area contributed by atoms with Crippen molar-refractivity contribution in [3.8, 4) is 22.6 Å². The SMILES string of the molecule is Oc1ccccc1C=Nc1ccccc1-c1ccccc1N=Cc1ccccc1O.